The highest BCUT2D eigenvalue weighted by molar-refractivity contribution is 5.99. The molecule has 4 rings (SSSR count). The fourth-order valence-electron chi connectivity index (χ4n) is 4.08. The molecule has 0 aliphatic rings. The first kappa shape index (κ1) is 25.9. The number of nitrogens with one attached hydrogen (secondary N) is 1. The maximum Gasteiger partial charge on any atom is 0.338 e. The molecule has 3 N–H and O–H groups in total. The number of hydrogen-bond donors (Lipinski definition) is 3. The van der Waals surface area contributed by atoms with E-state index in [-0.39, 0.29) is 31.5 Å². The highest BCUT2D eigenvalue weighted by Crippen LogP contribution is 2.30. The second kappa shape index (κ2) is 11.3. The fraction of sp³-hybridized carbons (Fsp3) is 0.241. The zero-order valence-corrected chi connectivity index (χ0v) is 21.0. The molecule has 190 valence electrons. The maximum atomic E-state index is 13.0. The number of hydrogen-bond acceptors (Lipinski definition) is 8. The number of anilines is 1. The molecule has 0 saturated carbocycles. The summed E-state index contributed by atoms with van der Waals surface area (Å²) in [7, 11) is 1.73. The van der Waals surface area contributed by atoms with Crippen LogP contribution in [0.3, 0.4) is 0 Å². The lowest BCUT2D eigenvalue weighted by atomic mass is 9.97. The number of benzene rings is 3. The van der Waals surface area contributed by atoms with Crippen molar-refractivity contribution in [1.82, 2.24) is 9.97 Å². The van der Waals surface area contributed by atoms with Crippen molar-refractivity contribution in [1.29, 1.82) is 0 Å². The van der Waals surface area contributed by atoms with Gasteiger partial charge in [0.05, 0.1) is 36.1 Å². The zero-order chi connectivity index (χ0) is 26.5. The van der Waals surface area contributed by atoms with Gasteiger partial charge in [0, 0.05) is 30.0 Å². The van der Waals surface area contributed by atoms with E-state index in [2.05, 4.69) is 15.3 Å². The SMILES string of the molecule is CNc1nc(-c2cccc(CC(=O)c3ccc(C(=O)OC(C)C)cc3)c2)c2cc(CO)c(CO)cc2n1. The van der Waals surface area contributed by atoms with Gasteiger partial charge < -0.3 is 20.3 Å². The molecule has 0 aliphatic heterocycles. The maximum absolute atomic E-state index is 13.0. The molecule has 1 aromatic heterocycles. The van der Waals surface area contributed by atoms with E-state index in [4.69, 9.17) is 4.74 Å². The Morgan fingerprint density at radius 3 is 2.24 bits per heavy atom. The smallest absolute Gasteiger partial charge is 0.338 e. The van der Waals surface area contributed by atoms with Crippen LogP contribution in [0, 0.1) is 0 Å². The van der Waals surface area contributed by atoms with E-state index in [1.54, 1.807) is 57.3 Å². The number of Topliss-reactive ketones (excluding diaryl/α,β-unsaturated/α-hetero) is 1. The number of carbonyl (C=O) groups is 2. The van der Waals surface area contributed by atoms with Crippen molar-refractivity contribution >= 4 is 28.6 Å². The Labute approximate surface area is 215 Å². The largest absolute Gasteiger partial charge is 0.459 e. The van der Waals surface area contributed by atoms with Crippen molar-refractivity contribution in [3.63, 3.8) is 0 Å². The Morgan fingerprint density at radius 2 is 1.59 bits per heavy atom. The molecular formula is C29H29N3O5. The van der Waals surface area contributed by atoms with Crippen LogP contribution in [0.2, 0.25) is 0 Å². The van der Waals surface area contributed by atoms with Crippen LogP contribution >= 0.6 is 0 Å². The molecule has 3 aromatic carbocycles. The lowest BCUT2D eigenvalue weighted by molar-refractivity contribution is 0.0377. The molecule has 0 fully saturated rings. The van der Waals surface area contributed by atoms with Crippen molar-refractivity contribution < 1.29 is 24.5 Å². The quantitative estimate of drug-likeness (QED) is 0.230. The van der Waals surface area contributed by atoms with Gasteiger partial charge in [-0.2, -0.15) is 0 Å². The van der Waals surface area contributed by atoms with Crippen LogP contribution in [-0.2, 0) is 24.4 Å². The third-order valence-electron chi connectivity index (χ3n) is 5.93. The monoisotopic (exact) mass is 499 g/mol. The number of aliphatic hydroxyl groups excluding tert-OH is 2. The van der Waals surface area contributed by atoms with Gasteiger partial charge in [0.15, 0.2) is 5.78 Å². The molecule has 0 atom stereocenters. The average molecular weight is 500 g/mol. The predicted molar refractivity (Wildman–Crippen MR) is 141 cm³/mol. The van der Waals surface area contributed by atoms with Crippen LogP contribution in [0.5, 0.6) is 0 Å². The minimum absolute atomic E-state index is 0.0838. The topological polar surface area (TPSA) is 122 Å². The number of fused-ring (bicyclic) bond motifs is 1. The summed E-state index contributed by atoms with van der Waals surface area (Å²) in [5.41, 5.74) is 4.98. The molecule has 1 heterocycles. The van der Waals surface area contributed by atoms with Gasteiger partial charge in [-0.15, -0.1) is 0 Å². The molecule has 37 heavy (non-hydrogen) atoms. The van der Waals surface area contributed by atoms with Gasteiger partial charge in [0.1, 0.15) is 0 Å². The van der Waals surface area contributed by atoms with E-state index in [1.807, 2.05) is 24.3 Å². The molecule has 0 spiro atoms. The Morgan fingerprint density at radius 1 is 0.919 bits per heavy atom. The number of aromatic nitrogens is 2. The van der Waals surface area contributed by atoms with Crippen LogP contribution in [0.4, 0.5) is 5.95 Å². The van der Waals surface area contributed by atoms with Crippen LogP contribution in [0.1, 0.15) is 51.3 Å². The molecule has 0 saturated heterocycles. The van der Waals surface area contributed by atoms with Crippen LogP contribution in [0.15, 0.2) is 60.7 Å². The fourth-order valence-corrected chi connectivity index (χ4v) is 4.08. The second-order valence-corrected chi connectivity index (χ2v) is 8.93. The molecule has 0 aliphatic carbocycles. The van der Waals surface area contributed by atoms with E-state index >= 15 is 0 Å². The van der Waals surface area contributed by atoms with Crippen molar-refractivity contribution in [2.75, 3.05) is 12.4 Å². The first-order chi connectivity index (χ1) is 17.8. The van der Waals surface area contributed by atoms with Gasteiger partial charge >= 0.3 is 5.97 Å². The number of rotatable bonds is 9. The number of aliphatic hydroxyl groups is 2. The summed E-state index contributed by atoms with van der Waals surface area (Å²) in [4.78, 5) is 34.2. The number of ketones is 1. The first-order valence-corrected chi connectivity index (χ1v) is 12.0. The van der Waals surface area contributed by atoms with Crippen molar-refractivity contribution in [3.05, 3.63) is 88.5 Å². The van der Waals surface area contributed by atoms with Crippen molar-refractivity contribution in [3.8, 4) is 11.3 Å². The van der Waals surface area contributed by atoms with Crippen LogP contribution in [0.25, 0.3) is 22.2 Å². The number of nitrogens with zero attached hydrogens (tertiary/aromatic N) is 2. The summed E-state index contributed by atoms with van der Waals surface area (Å²) in [5, 5.41) is 23.2. The van der Waals surface area contributed by atoms with Crippen LogP contribution in [-0.4, -0.2) is 45.1 Å². The van der Waals surface area contributed by atoms with E-state index in [9.17, 15) is 19.8 Å². The normalized spacial score (nSPS) is 11.1. The molecule has 8 nitrogen and oxygen atoms in total. The number of ether oxygens (including phenoxy) is 1. The third-order valence-corrected chi connectivity index (χ3v) is 5.93. The van der Waals surface area contributed by atoms with Crippen molar-refractivity contribution in [2.24, 2.45) is 0 Å². The summed E-state index contributed by atoms with van der Waals surface area (Å²) >= 11 is 0. The minimum atomic E-state index is -0.421. The Hall–Kier alpha value is -4.14. The van der Waals surface area contributed by atoms with Gasteiger partial charge in [0.25, 0.3) is 0 Å². The molecular weight excluding hydrogens is 470 g/mol. The third kappa shape index (κ3) is 5.82. The summed E-state index contributed by atoms with van der Waals surface area (Å²) < 4.78 is 5.20. The minimum Gasteiger partial charge on any atom is -0.459 e. The Balaban J connectivity index is 1.64. The lowest BCUT2D eigenvalue weighted by Crippen LogP contribution is -2.12. The molecule has 0 bridgehead atoms. The van der Waals surface area contributed by atoms with Gasteiger partial charge in [-0.05, 0) is 60.9 Å². The Kier molecular flexibility index (Phi) is 7.91. The van der Waals surface area contributed by atoms with E-state index < -0.39 is 5.97 Å². The lowest BCUT2D eigenvalue weighted by Gasteiger charge is -2.13. The summed E-state index contributed by atoms with van der Waals surface area (Å²) in [6.07, 6.45) is -0.0496. The van der Waals surface area contributed by atoms with Crippen LogP contribution < -0.4 is 5.32 Å². The molecule has 8 heteroatoms. The standard InChI is InChI=1S/C29H29N3O5/c1-17(2)37-28(36)20-9-7-19(8-10-20)26(35)12-18-5-4-6-21(11-18)27-24-13-22(15-33)23(16-34)14-25(24)31-29(30-3)32-27/h4-11,13-14,17,33-34H,12,15-16H2,1-3H3,(H,30,31,32). The van der Waals surface area contributed by atoms with Gasteiger partial charge in [-0.25, -0.2) is 14.8 Å². The summed E-state index contributed by atoms with van der Waals surface area (Å²) in [6.45, 7) is 3.14. The predicted octanol–water partition coefficient (Wildman–Crippen LogP) is 4.31. The van der Waals surface area contributed by atoms with E-state index in [0.717, 1.165) is 16.5 Å². The molecule has 0 amide bonds. The Bertz CT molecular complexity index is 1450. The highest BCUT2D eigenvalue weighted by atomic mass is 16.5. The molecule has 0 unspecified atom stereocenters. The second-order valence-electron chi connectivity index (χ2n) is 8.93. The highest BCUT2D eigenvalue weighted by Gasteiger charge is 2.15. The summed E-state index contributed by atoms with van der Waals surface area (Å²) in [6, 6.07) is 17.6. The van der Waals surface area contributed by atoms with Gasteiger partial charge in [-0.1, -0.05) is 30.3 Å². The van der Waals surface area contributed by atoms with Gasteiger partial charge in [-0.3, -0.25) is 4.79 Å². The van der Waals surface area contributed by atoms with E-state index in [0.29, 0.717) is 39.4 Å². The average Bonchev–Trinajstić information content (AvgIpc) is 2.91. The summed E-state index contributed by atoms with van der Waals surface area (Å²) in [5.74, 6) is -0.0876. The molecule has 0 radical (unpaired) electrons. The first-order valence-electron chi connectivity index (χ1n) is 12.0. The van der Waals surface area contributed by atoms with Gasteiger partial charge in [0.2, 0.25) is 5.95 Å². The number of esters is 1. The molecule has 4 aromatic rings. The van der Waals surface area contributed by atoms with Crippen molar-refractivity contribution in [2.45, 2.75) is 39.6 Å². The van der Waals surface area contributed by atoms with E-state index in [1.165, 1.54) is 0 Å². The zero-order valence-electron chi connectivity index (χ0n) is 21.0. The number of carbonyl (C=O) groups excluding carboxylic acids is 2.